The van der Waals surface area contributed by atoms with Crippen LogP contribution in [0.2, 0.25) is 0 Å². The van der Waals surface area contributed by atoms with Crippen molar-refractivity contribution in [2.45, 2.75) is 13.0 Å². The van der Waals surface area contributed by atoms with Crippen molar-refractivity contribution in [1.82, 2.24) is 0 Å². The van der Waals surface area contributed by atoms with Gasteiger partial charge in [0.1, 0.15) is 0 Å². The summed E-state index contributed by atoms with van der Waals surface area (Å²) in [5.41, 5.74) is 2.26. The standard InChI is InChI=1S/C20H15NO3/c1-11-15(9-10-17(11)22)21-16-8-4-7-14-18(16)20(24)13-6-3-2-5-12(13)19(14)23/h2-11,15,21H,1H3. The van der Waals surface area contributed by atoms with Crippen LogP contribution in [-0.2, 0) is 4.79 Å². The highest BCUT2D eigenvalue weighted by atomic mass is 16.1. The van der Waals surface area contributed by atoms with Crippen molar-refractivity contribution in [3.05, 3.63) is 76.9 Å². The molecule has 0 saturated heterocycles. The third kappa shape index (κ3) is 2.03. The average molecular weight is 317 g/mol. The first-order valence-corrected chi connectivity index (χ1v) is 7.88. The molecule has 2 aliphatic rings. The van der Waals surface area contributed by atoms with Crippen LogP contribution in [0.4, 0.5) is 5.69 Å². The minimum Gasteiger partial charge on any atom is -0.377 e. The molecule has 0 bridgehead atoms. The van der Waals surface area contributed by atoms with Gasteiger partial charge in [-0.2, -0.15) is 0 Å². The molecule has 2 unspecified atom stereocenters. The van der Waals surface area contributed by atoms with Crippen LogP contribution >= 0.6 is 0 Å². The maximum Gasteiger partial charge on any atom is 0.196 e. The summed E-state index contributed by atoms with van der Waals surface area (Å²) in [4.78, 5) is 37.3. The fraction of sp³-hybridized carbons (Fsp3) is 0.150. The first-order valence-electron chi connectivity index (χ1n) is 7.88. The number of hydrogen-bond donors (Lipinski definition) is 1. The van der Waals surface area contributed by atoms with Crippen LogP contribution in [0.15, 0.2) is 54.6 Å². The van der Waals surface area contributed by atoms with Crippen LogP contribution in [0.1, 0.15) is 38.8 Å². The Labute approximate surface area is 139 Å². The largest absolute Gasteiger partial charge is 0.377 e. The molecular formula is C20H15NO3. The first kappa shape index (κ1) is 14.6. The number of allylic oxidation sites excluding steroid dienone is 1. The highest BCUT2D eigenvalue weighted by molar-refractivity contribution is 6.30. The lowest BCUT2D eigenvalue weighted by Gasteiger charge is -2.23. The van der Waals surface area contributed by atoms with E-state index in [-0.39, 0.29) is 29.3 Å². The van der Waals surface area contributed by atoms with Crippen molar-refractivity contribution >= 4 is 23.0 Å². The van der Waals surface area contributed by atoms with Gasteiger partial charge >= 0.3 is 0 Å². The summed E-state index contributed by atoms with van der Waals surface area (Å²) in [5, 5.41) is 3.25. The fourth-order valence-electron chi connectivity index (χ4n) is 3.31. The Balaban J connectivity index is 1.80. The summed E-state index contributed by atoms with van der Waals surface area (Å²) in [6, 6.07) is 11.9. The molecule has 1 N–H and O–H groups in total. The highest BCUT2D eigenvalue weighted by Crippen LogP contribution is 2.33. The molecule has 2 aromatic carbocycles. The number of fused-ring (bicyclic) bond motifs is 2. The van der Waals surface area contributed by atoms with Crippen LogP contribution in [0.5, 0.6) is 0 Å². The molecule has 2 aliphatic carbocycles. The zero-order valence-corrected chi connectivity index (χ0v) is 13.1. The Morgan fingerprint density at radius 2 is 1.50 bits per heavy atom. The van der Waals surface area contributed by atoms with E-state index in [0.29, 0.717) is 27.9 Å². The molecule has 118 valence electrons. The van der Waals surface area contributed by atoms with Crippen LogP contribution in [0.3, 0.4) is 0 Å². The van der Waals surface area contributed by atoms with E-state index < -0.39 is 0 Å². The fourth-order valence-corrected chi connectivity index (χ4v) is 3.31. The Bertz CT molecular complexity index is 926. The molecule has 2 atom stereocenters. The van der Waals surface area contributed by atoms with Gasteiger partial charge < -0.3 is 5.32 Å². The first-order chi connectivity index (χ1) is 11.6. The van der Waals surface area contributed by atoms with E-state index in [4.69, 9.17) is 0 Å². The number of carbonyl (C=O) groups excluding carboxylic acids is 3. The molecule has 24 heavy (non-hydrogen) atoms. The second-order valence-corrected chi connectivity index (χ2v) is 6.15. The number of hydrogen-bond acceptors (Lipinski definition) is 4. The topological polar surface area (TPSA) is 63.2 Å². The normalized spacial score (nSPS) is 21.6. The smallest absolute Gasteiger partial charge is 0.196 e. The quantitative estimate of drug-likeness (QED) is 0.789. The van der Waals surface area contributed by atoms with E-state index in [0.717, 1.165) is 0 Å². The van der Waals surface area contributed by atoms with Crippen LogP contribution in [-0.4, -0.2) is 23.4 Å². The maximum absolute atomic E-state index is 12.9. The van der Waals surface area contributed by atoms with Crippen molar-refractivity contribution < 1.29 is 14.4 Å². The molecule has 0 heterocycles. The van der Waals surface area contributed by atoms with Crippen molar-refractivity contribution in [2.24, 2.45) is 5.92 Å². The van der Waals surface area contributed by atoms with E-state index >= 15 is 0 Å². The summed E-state index contributed by atoms with van der Waals surface area (Å²) in [5.74, 6) is -0.438. The van der Waals surface area contributed by atoms with Gasteiger partial charge in [0.25, 0.3) is 0 Å². The predicted octanol–water partition coefficient (Wildman–Crippen LogP) is 3.02. The van der Waals surface area contributed by atoms with Gasteiger partial charge in [0.15, 0.2) is 17.3 Å². The van der Waals surface area contributed by atoms with E-state index in [1.807, 2.05) is 6.92 Å². The second kappa shape index (κ2) is 5.27. The number of carbonyl (C=O) groups is 3. The summed E-state index contributed by atoms with van der Waals surface area (Å²) >= 11 is 0. The number of ketones is 3. The number of rotatable bonds is 2. The molecule has 0 amide bonds. The molecule has 4 rings (SSSR count). The molecule has 4 heteroatoms. The Hall–Kier alpha value is -3.01. The van der Waals surface area contributed by atoms with Crippen molar-refractivity contribution in [2.75, 3.05) is 5.32 Å². The zero-order chi connectivity index (χ0) is 16.8. The lowest BCUT2D eigenvalue weighted by molar-refractivity contribution is -0.117. The minimum absolute atomic E-state index is 0.0602. The summed E-state index contributed by atoms with van der Waals surface area (Å²) in [7, 11) is 0. The molecule has 0 spiro atoms. The van der Waals surface area contributed by atoms with E-state index in [1.54, 1.807) is 54.6 Å². The lowest BCUT2D eigenvalue weighted by Crippen LogP contribution is -2.28. The third-order valence-corrected chi connectivity index (χ3v) is 4.73. The van der Waals surface area contributed by atoms with Gasteiger partial charge in [0.05, 0.1) is 11.6 Å². The van der Waals surface area contributed by atoms with Gasteiger partial charge in [-0.05, 0) is 12.1 Å². The molecule has 0 aliphatic heterocycles. The Kier molecular flexibility index (Phi) is 3.20. The van der Waals surface area contributed by atoms with Crippen molar-refractivity contribution in [1.29, 1.82) is 0 Å². The van der Waals surface area contributed by atoms with Gasteiger partial charge in [-0.3, -0.25) is 14.4 Å². The number of nitrogens with one attached hydrogen (secondary N) is 1. The number of benzene rings is 2. The molecule has 0 aromatic heterocycles. The van der Waals surface area contributed by atoms with Crippen LogP contribution in [0, 0.1) is 5.92 Å². The summed E-state index contributed by atoms with van der Waals surface area (Å²) in [6.07, 6.45) is 3.36. The van der Waals surface area contributed by atoms with Crippen LogP contribution in [0.25, 0.3) is 0 Å². The SMILES string of the molecule is CC1C(=O)C=CC1Nc1cccc2c1C(=O)c1ccccc1C2=O. The average Bonchev–Trinajstić information content (AvgIpc) is 2.92. The van der Waals surface area contributed by atoms with Crippen LogP contribution < -0.4 is 5.32 Å². The molecule has 0 saturated carbocycles. The van der Waals surface area contributed by atoms with Gasteiger partial charge in [-0.25, -0.2) is 0 Å². The van der Waals surface area contributed by atoms with Gasteiger partial charge in [0.2, 0.25) is 0 Å². The Morgan fingerprint density at radius 3 is 2.17 bits per heavy atom. The van der Waals surface area contributed by atoms with Crippen molar-refractivity contribution in [3.8, 4) is 0 Å². The maximum atomic E-state index is 12.9. The van der Waals surface area contributed by atoms with E-state index in [9.17, 15) is 14.4 Å². The second-order valence-electron chi connectivity index (χ2n) is 6.15. The lowest BCUT2D eigenvalue weighted by atomic mass is 9.83. The monoisotopic (exact) mass is 317 g/mol. The zero-order valence-electron chi connectivity index (χ0n) is 13.1. The Morgan fingerprint density at radius 1 is 0.833 bits per heavy atom. The van der Waals surface area contributed by atoms with Gasteiger partial charge in [-0.1, -0.05) is 49.4 Å². The molecule has 0 radical (unpaired) electrons. The van der Waals surface area contributed by atoms with E-state index in [2.05, 4.69) is 5.32 Å². The summed E-state index contributed by atoms with van der Waals surface area (Å²) in [6.45, 7) is 1.84. The van der Waals surface area contributed by atoms with Gasteiger partial charge in [0, 0.05) is 28.3 Å². The number of anilines is 1. The predicted molar refractivity (Wildman–Crippen MR) is 90.5 cm³/mol. The van der Waals surface area contributed by atoms with Gasteiger partial charge in [-0.15, -0.1) is 0 Å². The van der Waals surface area contributed by atoms with E-state index in [1.165, 1.54) is 0 Å². The molecular weight excluding hydrogens is 302 g/mol. The molecule has 4 nitrogen and oxygen atoms in total. The molecule has 2 aromatic rings. The minimum atomic E-state index is -0.192. The molecule has 0 fully saturated rings. The highest BCUT2D eigenvalue weighted by Gasteiger charge is 2.33. The van der Waals surface area contributed by atoms with Crippen molar-refractivity contribution in [3.63, 3.8) is 0 Å². The third-order valence-electron chi connectivity index (χ3n) is 4.73. The summed E-state index contributed by atoms with van der Waals surface area (Å²) < 4.78 is 0.